The number of anilines is 2. The lowest BCUT2D eigenvalue weighted by Crippen LogP contribution is -2.42. The number of hydrogen-bond donors (Lipinski definition) is 2. The molecule has 2 aromatic rings. The van der Waals surface area contributed by atoms with Gasteiger partial charge >= 0.3 is 0 Å². The molecule has 0 radical (unpaired) electrons. The smallest absolute Gasteiger partial charge is 0.244 e. The van der Waals surface area contributed by atoms with E-state index < -0.39 is 0 Å². The third kappa shape index (κ3) is 3.74. The molecule has 3 rings (SSSR count). The molecular formula is C18H20N4O4. The number of fused-ring (bicyclic) bond motifs is 1. The minimum atomic E-state index is -0.264. The van der Waals surface area contributed by atoms with Gasteiger partial charge in [0.1, 0.15) is 12.3 Å². The SMILES string of the molecule is Cc1noc(C)c1CNC(=O)CCC(=O)N1CC(=O)Nc2ccccc21. The van der Waals surface area contributed by atoms with Crippen LogP contribution in [0.5, 0.6) is 0 Å². The van der Waals surface area contributed by atoms with Crippen LogP contribution >= 0.6 is 0 Å². The first kappa shape index (κ1) is 17.7. The molecule has 1 aromatic carbocycles. The molecule has 1 aliphatic heterocycles. The van der Waals surface area contributed by atoms with Gasteiger partial charge in [-0.15, -0.1) is 0 Å². The van der Waals surface area contributed by atoms with E-state index >= 15 is 0 Å². The van der Waals surface area contributed by atoms with Gasteiger partial charge in [0.15, 0.2) is 0 Å². The van der Waals surface area contributed by atoms with Crippen molar-refractivity contribution in [3.8, 4) is 0 Å². The summed E-state index contributed by atoms with van der Waals surface area (Å²) in [6.07, 6.45) is 0.0670. The Hall–Kier alpha value is -3.16. The van der Waals surface area contributed by atoms with Gasteiger partial charge in [-0.3, -0.25) is 14.4 Å². The van der Waals surface area contributed by atoms with Crippen LogP contribution in [0.4, 0.5) is 11.4 Å². The zero-order valence-electron chi connectivity index (χ0n) is 14.7. The van der Waals surface area contributed by atoms with Crippen LogP contribution in [-0.2, 0) is 20.9 Å². The molecule has 26 heavy (non-hydrogen) atoms. The topological polar surface area (TPSA) is 105 Å². The summed E-state index contributed by atoms with van der Waals surface area (Å²) in [5, 5.41) is 9.33. The van der Waals surface area contributed by atoms with E-state index in [2.05, 4.69) is 15.8 Å². The van der Waals surface area contributed by atoms with Crippen molar-refractivity contribution < 1.29 is 18.9 Å². The van der Waals surface area contributed by atoms with Gasteiger partial charge in [0.25, 0.3) is 0 Å². The number of nitrogens with zero attached hydrogens (tertiary/aromatic N) is 2. The van der Waals surface area contributed by atoms with Crippen molar-refractivity contribution in [2.45, 2.75) is 33.2 Å². The maximum Gasteiger partial charge on any atom is 0.244 e. The average molecular weight is 356 g/mol. The van der Waals surface area contributed by atoms with Crippen LogP contribution in [0.3, 0.4) is 0 Å². The molecule has 0 unspecified atom stereocenters. The minimum absolute atomic E-state index is 0.0229. The maximum absolute atomic E-state index is 12.5. The van der Waals surface area contributed by atoms with Crippen molar-refractivity contribution in [2.24, 2.45) is 0 Å². The van der Waals surface area contributed by atoms with Crippen molar-refractivity contribution in [1.82, 2.24) is 10.5 Å². The van der Waals surface area contributed by atoms with Gasteiger partial charge in [-0.05, 0) is 26.0 Å². The van der Waals surface area contributed by atoms with E-state index in [9.17, 15) is 14.4 Å². The number of hydrogen-bond acceptors (Lipinski definition) is 5. The highest BCUT2D eigenvalue weighted by Gasteiger charge is 2.26. The normalized spacial score (nSPS) is 13.2. The number of carbonyl (C=O) groups is 3. The summed E-state index contributed by atoms with van der Waals surface area (Å²) >= 11 is 0. The molecule has 0 saturated heterocycles. The van der Waals surface area contributed by atoms with Crippen LogP contribution in [0.15, 0.2) is 28.8 Å². The van der Waals surface area contributed by atoms with Gasteiger partial charge in [-0.1, -0.05) is 17.3 Å². The van der Waals surface area contributed by atoms with Gasteiger partial charge in [0.2, 0.25) is 17.7 Å². The Morgan fingerprint density at radius 2 is 2.04 bits per heavy atom. The molecule has 0 saturated carbocycles. The molecule has 2 heterocycles. The Balaban J connectivity index is 1.56. The molecule has 2 N–H and O–H groups in total. The third-order valence-electron chi connectivity index (χ3n) is 4.28. The predicted molar refractivity (Wildman–Crippen MR) is 94.5 cm³/mol. The summed E-state index contributed by atoms with van der Waals surface area (Å²) in [6, 6.07) is 7.09. The molecule has 136 valence electrons. The summed E-state index contributed by atoms with van der Waals surface area (Å²) in [4.78, 5) is 37.7. The number of amides is 3. The van der Waals surface area contributed by atoms with Crippen LogP contribution in [0, 0.1) is 13.8 Å². The van der Waals surface area contributed by atoms with E-state index in [0.717, 1.165) is 11.3 Å². The van der Waals surface area contributed by atoms with Crippen LogP contribution in [0.2, 0.25) is 0 Å². The molecule has 0 bridgehead atoms. The number of aromatic nitrogens is 1. The first-order chi connectivity index (χ1) is 12.5. The van der Waals surface area contributed by atoms with E-state index in [0.29, 0.717) is 23.7 Å². The van der Waals surface area contributed by atoms with Crippen molar-refractivity contribution in [1.29, 1.82) is 0 Å². The summed E-state index contributed by atoms with van der Waals surface area (Å²) in [5.74, 6) is -0.0948. The second kappa shape index (κ2) is 7.38. The summed E-state index contributed by atoms with van der Waals surface area (Å²) in [7, 11) is 0. The quantitative estimate of drug-likeness (QED) is 0.848. The maximum atomic E-state index is 12.5. The Morgan fingerprint density at radius 3 is 2.77 bits per heavy atom. The van der Waals surface area contributed by atoms with E-state index in [1.165, 1.54) is 4.90 Å². The van der Waals surface area contributed by atoms with Crippen LogP contribution in [-0.4, -0.2) is 29.4 Å². The Morgan fingerprint density at radius 1 is 1.27 bits per heavy atom. The predicted octanol–water partition coefficient (Wildman–Crippen LogP) is 1.67. The van der Waals surface area contributed by atoms with Crippen molar-refractivity contribution in [2.75, 3.05) is 16.8 Å². The zero-order chi connectivity index (χ0) is 18.7. The molecule has 0 atom stereocenters. The van der Waals surface area contributed by atoms with Gasteiger partial charge in [-0.2, -0.15) is 0 Å². The molecule has 3 amide bonds. The number of nitrogens with one attached hydrogen (secondary N) is 2. The lowest BCUT2D eigenvalue weighted by atomic mass is 10.1. The van der Waals surface area contributed by atoms with Crippen LogP contribution < -0.4 is 15.5 Å². The van der Waals surface area contributed by atoms with Crippen molar-refractivity contribution in [3.63, 3.8) is 0 Å². The molecule has 0 fully saturated rings. The highest BCUT2D eigenvalue weighted by Crippen LogP contribution is 2.29. The number of benzene rings is 1. The fraction of sp³-hybridized carbons (Fsp3) is 0.333. The van der Waals surface area contributed by atoms with Crippen molar-refractivity contribution >= 4 is 29.1 Å². The first-order valence-corrected chi connectivity index (χ1v) is 8.33. The summed E-state index contributed by atoms with van der Waals surface area (Å²) < 4.78 is 5.05. The second-order valence-electron chi connectivity index (χ2n) is 6.12. The lowest BCUT2D eigenvalue weighted by Gasteiger charge is -2.29. The number of rotatable bonds is 5. The fourth-order valence-corrected chi connectivity index (χ4v) is 2.84. The Bertz CT molecular complexity index is 839. The van der Waals surface area contributed by atoms with E-state index in [-0.39, 0.29) is 37.1 Å². The second-order valence-corrected chi connectivity index (χ2v) is 6.12. The highest BCUT2D eigenvalue weighted by atomic mass is 16.5. The van der Waals surface area contributed by atoms with Crippen LogP contribution in [0.1, 0.15) is 29.9 Å². The monoisotopic (exact) mass is 356 g/mol. The fourth-order valence-electron chi connectivity index (χ4n) is 2.84. The standard InChI is InChI=1S/C18H20N4O4/c1-11-13(12(2)26-21-11)9-19-16(23)7-8-18(25)22-10-17(24)20-14-5-3-4-6-15(14)22/h3-6H,7-10H2,1-2H3,(H,19,23)(H,20,24). The molecule has 0 spiro atoms. The first-order valence-electron chi connectivity index (χ1n) is 8.33. The van der Waals surface area contributed by atoms with E-state index in [1.807, 2.05) is 0 Å². The third-order valence-corrected chi connectivity index (χ3v) is 4.28. The van der Waals surface area contributed by atoms with Crippen LogP contribution in [0.25, 0.3) is 0 Å². The lowest BCUT2D eigenvalue weighted by molar-refractivity contribution is -0.125. The Kier molecular flexibility index (Phi) is 5.01. The average Bonchev–Trinajstić information content (AvgIpc) is 2.95. The zero-order valence-corrected chi connectivity index (χ0v) is 14.7. The summed E-state index contributed by atoms with van der Waals surface area (Å²) in [5.41, 5.74) is 2.81. The summed E-state index contributed by atoms with van der Waals surface area (Å²) in [6.45, 7) is 3.85. The molecular weight excluding hydrogens is 336 g/mol. The molecule has 8 nitrogen and oxygen atoms in total. The number of para-hydroxylation sites is 2. The van der Waals surface area contributed by atoms with Gasteiger partial charge in [-0.25, -0.2) is 0 Å². The number of aryl methyl sites for hydroxylation is 2. The van der Waals surface area contributed by atoms with E-state index in [1.54, 1.807) is 38.1 Å². The van der Waals surface area contributed by atoms with Crippen molar-refractivity contribution in [3.05, 3.63) is 41.3 Å². The molecule has 1 aliphatic rings. The van der Waals surface area contributed by atoms with Gasteiger partial charge in [0, 0.05) is 24.9 Å². The molecule has 1 aromatic heterocycles. The largest absolute Gasteiger partial charge is 0.361 e. The van der Waals surface area contributed by atoms with E-state index in [4.69, 9.17) is 4.52 Å². The minimum Gasteiger partial charge on any atom is -0.361 e. The van der Waals surface area contributed by atoms with Gasteiger partial charge in [0.05, 0.1) is 17.1 Å². The Labute approximate surface area is 150 Å². The highest BCUT2D eigenvalue weighted by molar-refractivity contribution is 6.10. The number of carbonyl (C=O) groups excluding carboxylic acids is 3. The van der Waals surface area contributed by atoms with Gasteiger partial charge < -0.3 is 20.1 Å². The molecule has 0 aliphatic carbocycles. The molecule has 8 heteroatoms.